The summed E-state index contributed by atoms with van der Waals surface area (Å²) in [6.07, 6.45) is 0.761. The highest BCUT2D eigenvalue weighted by atomic mass is 16.2. The second-order valence-corrected chi connectivity index (χ2v) is 5.89. The highest BCUT2D eigenvalue weighted by Gasteiger charge is 2.24. The smallest absolute Gasteiger partial charge is 0.256 e. The van der Waals surface area contributed by atoms with Crippen LogP contribution >= 0.6 is 0 Å². The van der Waals surface area contributed by atoms with Crippen LogP contribution in [0.25, 0.3) is 0 Å². The van der Waals surface area contributed by atoms with Crippen molar-refractivity contribution in [2.24, 2.45) is 0 Å². The Morgan fingerprint density at radius 3 is 2.00 bits per heavy atom. The summed E-state index contributed by atoms with van der Waals surface area (Å²) in [5, 5.41) is 0. The topological polar surface area (TPSA) is 66.6 Å². The molecule has 1 fully saturated rings. The van der Waals surface area contributed by atoms with Gasteiger partial charge in [-0.05, 0) is 30.7 Å². The average molecular weight is 323 g/mol. The molecular weight excluding hydrogens is 302 g/mol. The number of nitrogen functional groups attached to an aromatic ring is 1. The first-order valence-corrected chi connectivity index (χ1v) is 8.15. The predicted molar refractivity (Wildman–Crippen MR) is 93.7 cm³/mol. The number of anilines is 1. The Hall–Kier alpha value is -2.82. The first kappa shape index (κ1) is 16.1. The summed E-state index contributed by atoms with van der Waals surface area (Å²) in [7, 11) is 0. The molecule has 1 aliphatic heterocycles. The van der Waals surface area contributed by atoms with E-state index >= 15 is 0 Å². The third kappa shape index (κ3) is 3.40. The predicted octanol–water partition coefficient (Wildman–Crippen LogP) is 2.26. The van der Waals surface area contributed by atoms with Gasteiger partial charge in [0.15, 0.2) is 0 Å². The number of nitrogens with zero attached hydrogens (tertiary/aromatic N) is 2. The molecule has 0 bridgehead atoms. The lowest BCUT2D eigenvalue weighted by molar-refractivity contribution is 0.0719. The maximum Gasteiger partial charge on any atom is 0.256 e. The fraction of sp³-hybridized carbons (Fsp3) is 0.263. The summed E-state index contributed by atoms with van der Waals surface area (Å²) in [5.41, 5.74) is 7.61. The molecule has 2 aromatic carbocycles. The Balaban J connectivity index is 1.68. The normalized spacial score (nSPS) is 15.0. The minimum absolute atomic E-state index is 0.0177. The molecule has 2 N–H and O–H groups in total. The van der Waals surface area contributed by atoms with E-state index in [9.17, 15) is 9.59 Å². The molecule has 3 rings (SSSR count). The van der Waals surface area contributed by atoms with E-state index in [2.05, 4.69) is 0 Å². The van der Waals surface area contributed by atoms with Crippen LogP contribution in [0.3, 0.4) is 0 Å². The van der Waals surface area contributed by atoms with Gasteiger partial charge in [-0.3, -0.25) is 9.59 Å². The third-order valence-electron chi connectivity index (χ3n) is 4.28. The van der Waals surface area contributed by atoms with Gasteiger partial charge in [-0.2, -0.15) is 0 Å². The quantitative estimate of drug-likeness (QED) is 0.862. The van der Waals surface area contributed by atoms with Gasteiger partial charge in [-0.1, -0.05) is 30.3 Å². The van der Waals surface area contributed by atoms with Crippen LogP contribution < -0.4 is 5.73 Å². The molecule has 1 saturated heterocycles. The fourth-order valence-electron chi connectivity index (χ4n) is 2.95. The molecule has 0 radical (unpaired) electrons. The summed E-state index contributed by atoms with van der Waals surface area (Å²) in [6, 6.07) is 16.4. The van der Waals surface area contributed by atoms with E-state index in [1.54, 1.807) is 17.0 Å². The number of hydrogen-bond donors (Lipinski definition) is 1. The molecule has 5 heteroatoms. The molecule has 1 aliphatic rings. The lowest BCUT2D eigenvalue weighted by Crippen LogP contribution is -2.37. The maximum absolute atomic E-state index is 12.7. The van der Waals surface area contributed by atoms with E-state index in [4.69, 9.17) is 5.73 Å². The summed E-state index contributed by atoms with van der Waals surface area (Å²) >= 11 is 0. The number of rotatable bonds is 2. The molecule has 0 saturated carbocycles. The Morgan fingerprint density at radius 2 is 1.33 bits per heavy atom. The van der Waals surface area contributed by atoms with Crippen molar-refractivity contribution in [3.05, 3.63) is 65.7 Å². The second kappa shape index (κ2) is 7.17. The summed E-state index contributed by atoms with van der Waals surface area (Å²) in [6.45, 7) is 2.34. The van der Waals surface area contributed by atoms with Crippen LogP contribution in [-0.2, 0) is 0 Å². The summed E-state index contributed by atoms with van der Waals surface area (Å²) in [4.78, 5) is 28.8. The minimum atomic E-state index is -0.0675. The summed E-state index contributed by atoms with van der Waals surface area (Å²) < 4.78 is 0. The van der Waals surface area contributed by atoms with Crippen molar-refractivity contribution in [1.82, 2.24) is 9.80 Å². The van der Waals surface area contributed by atoms with Gasteiger partial charge in [0, 0.05) is 37.4 Å². The zero-order valence-electron chi connectivity index (χ0n) is 13.5. The molecular formula is C19H21N3O2. The largest absolute Gasteiger partial charge is 0.398 e. The van der Waals surface area contributed by atoms with Crippen LogP contribution in [0.1, 0.15) is 27.1 Å². The number of amides is 2. The molecule has 124 valence electrons. The standard InChI is InChI=1S/C19H21N3O2/c20-17-10-5-4-9-16(17)19(24)22-12-6-11-21(13-14-22)18(23)15-7-2-1-3-8-15/h1-5,7-10H,6,11-14,20H2. The van der Waals surface area contributed by atoms with Crippen LogP contribution in [-0.4, -0.2) is 47.8 Å². The molecule has 0 aliphatic carbocycles. The average Bonchev–Trinajstić information content (AvgIpc) is 2.88. The molecule has 2 aromatic rings. The van der Waals surface area contributed by atoms with Crippen molar-refractivity contribution in [1.29, 1.82) is 0 Å². The van der Waals surface area contributed by atoms with Crippen molar-refractivity contribution in [2.45, 2.75) is 6.42 Å². The van der Waals surface area contributed by atoms with Gasteiger partial charge < -0.3 is 15.5 Å². The molecule has 2 amide bonds. The van der Waals surface area contributed by atoms with Crippen molar-refractivity contribution >= 4 is 17.5 Å². The van der Waals surface area contributed by atoms with Crippen LogP contribution in [0.4, 0.5) is 5.69 Å². The van der Waals surface area contributed by atoms with E-state index in [1.165, 1.54) is 0 Å². The van der Waals surface area contributed by atoms with E-state index in [0.29, 0.717) is 43.0 Å². The van der Waals surface area contributed by atoms with Gasteiger partial charge in [-0.25, -0.2) is 0 Å². The summed E-state index contributed by atoms with van der Waals surface area (Å²) in [5.74, 6) is -0.0498. The van der Waals surface area contributed by atoms with Crippen molar-refractivity contribution < 1.29 is 9.59 Å². The Labute approximate surface area is 141 Å². The maximum atomic E-state index is 12.7. The molecule has 24 heavy (non-hydrogen) atoms. The zero-order valence-corrected chi connectivity index (χ0v) is 13.5. The van der Waals surface area contributed by atoms with Gasteiger partial charge in [0.1, 0.15) is 0 Å². The van der Waals surface area contributed by atoms with Crippen LogP contribution in [0, 0.1) is 0 Å². The van der Waals surface area contributed by atoms with E-state index in [0.717, 1.165) is 6.42 Å². The molecule has 0 unspecified atom stereocenters. The first-order chi connectivity index (χ1) is 11.7. The monoisotopic (exact) mass is 323 g/mol. The zero-order chi connectivity index (χ0) is 16.9. The lowest BCUT2D eigenvalue weighted by atomic mass is 10.1. The number of carbonyl (C=O) groups is 2. The van der Waals surface area contributed by atoms with Crippen LogP contribution in [0.15, 0.2) is 54.6 Å². The van der Waals surface area contributed by atoms with Crippen molar-refractivity contribution in [3.63, 3.8) is 0 Å². The van der Waals surface area contributed by atoms with E-state index < -0.39 is 0 Å². The second-order valence-electron chi connectivity index (χ2n) is 5.89. The number of carbonyl (C=O) groups excluding carboxylic acids is 2. The highest BCUT2D eigenvalue weighted by molar-refractivity contribution is 5.99. The van der Waals surface area contributed by atoms with Gasteiger partial charge in [0.2, 0.25) is 0 Å². The number of benzene rings is 2. The van der Waals surface area contributed by atoms with Crippen molar-refractivity contribution in [2.75, 3.05) is 31.9 Å². The van der Waals surface area contributed by atoms with Gasteiger partial charge in [-0.15, -0.1) is 0 Å². The van der Waals surface area contributed by atoms with E-state index in [-0.39, 0.29) is 11.8 Å². The molecule has 0 atom stereocenters. The van der Waals surface area contributed by atoms with Gasteiger partial charge in [0.25, 0.3) is 11.8 Å². The van der Waals surface area contributed by atoms with Crippen LogP contribution in [0.5, 0.6) is 0 Å². The molecule has 1 heterocycles. The molecule has 0 spiro atoms. The lowest BCUT2D eigenvalue weighted by Gasteiger charge is -2.22. The molecule has 5 nitrogen and oxygen atoms in total. The SMILES string of the molecule is Nc1ccccc1C(=O)N1CCCN(C(=O)c2ccccc2)CC1. The Bertz CT molecular complexity index is 730. The number of hydrogen-bond acceptors (Lipinski definition) is 3. The Morgan fingerprint density at radius 1 is 0.750 bits per heavy atom. The number of para-hydroxylation sites is 1. The third-order valence-corrected chi connectivity index (χ3v) is 4.28. The fourth-order valence-corrected chi connectivity index (χ4v) is 2.95. The Kier molecular flexibility index (Phi) is 4.79. The van der Waals surface area contributed by atoms with Gasteiger partial charge >= 0.3 is 0 Å². The van der Waals surface area contributed by atoms with E-state index in [1.807, 2.05) is 47.4 Å². The molecule has 0 aromatic heterocycles. The van der Waals surface area contributed by atoms with Crippen molar-refractivity contribution in [3.8, 4) is 0 Å². The highest BCUT2D eigenvalue weighted by Crippen LogP contribution is 2.16. The van der Waals surface area contributed by atoms with Crippen LogP contribution in [0.2, 0.25) is 0 Å². The number of nitrogens with two attached hydrogens (primary N) is 1. The first-order valence-electron chi connectivity index (χ1n) is 8.15. The van der Waals surface area contributed by atoms with Gasteiger partial charge in [0.05, 0.1) is 5.56 Å². The minimum Gasteiger partial charge on any atom is -0.398 e.